The summed E-state index contributed by atoms with van der Waals surface area (Å²) >= 11 is 0. The molecule has 0 unspecified atom stereocenters. The number of carbonyl (C=O) groups is 2. The molecule has 0 saturated carbocycles. The van der Waals surface area contributed by atoms with E-state index >= 15 is 0 Å². The predicted molar refractivity (Wildman–Crippen MR) is 94.6 cm³/mol. The van der Waals surface area contributed by atoms with Gasteiger partial charge in [-0.2, -0.15) is 0 Å². The van der Waals surface area contributed by atoms with Gasteiger partial charge in [0.05, 0.1) is 12.0 Å². The van der Waals surface area contributed by atoms with Crippen LogP contribution in [0.3, 0.4) is 0 Å². The Kier molecular flexibility index (Phi) is 5.75. The van der Waals surface area contributed by atoms with E-state index in [-0.39, 0.29) is 17.7 Å². The van der Waals surface area contributed by atoms with Crippen LogP contribution < -0.4 is 5.32 Å². The van der Waals surface area contributed by atoms with Crippen LogP contribution in [0, 0.1) is 19.8 Å². The highest BCUT2D eigenvalue weighted by Gasteiger charge is 2.24. The predicted octanol–water partition coefficient (Wildman–Crippen LogP) is 2.49. The fourth-order valence-corrected chi connectivity index (χ4v) is 3.44. The summed E-state index contributed by atoms with van der Waals surface area (Å²) in [5.41, 5.74) is 1.88. The quantitative estimate of drug-likeness (QED) is 0.856. The van der Waals surface area contributed by atoms with Crippen molar-refractivity contribution in [1.29, 1.82) is 0 Å². The molecule has 3 rings (SSSR count). The largest absolute Gasteiger partial charge is 0.459 e. The molecule has 2 amide bonds. The van der Waals surface area contributed by atoms with Crippen LogP contribution in [-0.4, -0.2) is 41.5 Å². The summed E-state index contributed by atoms with van der Waals surface area (Å²) in [5.74, 6) is 1.30. The molecular weight excluding hydrogens is 334 g/mol. The summed E-state index contributed by atoms with van der Waals surface area (Å²) in [5, 5.41) is 6.83. The van der Waals surface area contributed by atoms with Crippen molar-refractivity contribution >= 4 is 11.8 Å². The van der Waals surface area contributed by atoms with Crippen LogP contribution in [0.1, 0.15) is 46.8 Å². The third-order valence-corrected chi connectivity index (χ3v) is 4.94. The van der Waals surface area contributed by atoms with Crippen molar-refractivity contribution < 1.29 is 18.5 Å². The Morgan fingerprint density at radius 1 is 1.38 bits per heavy atom. The van der Waals surface area contributed by atoms with Gasteiger partial charge >= 0.3 is 0 Å². The zero-order chi connectivity index (χ0) is 18.5. The molecule has 1 N–H and O–H groups in total. The highest BCUT2D eigenvalue weighted by Crippen LogP contribution is 2.19. The first-order valence-electron chi connectivity index (χ1n) is 9.06. The molecule has 1 fully saturated rings. The van der Waals surface area contributed by atoms with Gasteiger partial charge in [0.15, 0.2) is 5.76 Å². The van der Waals surface area contributed by atoms with Gasteiger partial charge in [0.1, 0.15) is 5.76 Å². The first kappa shape index (κ1) is 18.2. The van der Waals surface area contributed by atoms with Crippen LogP contribution >= 0.6 is 0 Å². The van der Waals surface area contributed by atoms with Gasteiger partial charge in [-0.15, -0.1) is 0 Å². The molecule has 0 radical (unpaired) electrons. The molecule has 2 aromatic rings. The number of carbonyl (C=O) groups excluding carboxylic acids is 2. The maximum atomic E-state index is 12.6. The van der Waals surface area contributed by atoms with Gasteiger partial charge in [-0.25, -0.2) is 0 Å². The lowest BCUT2D eigenvalue weighted by Gasteiger charge is -2.33. The molecule has 140 valence electrons. The van der Waals surface area contributed by atoms with E-state index < -0.39 is 0 Å². The van der Waals surface area contributed by atoms with E-state index in [2.05, 4.69) is 10.5 Å². The molecule has 1 aliphatic heterocycles. The first-order valence-corrected chi connectivity index (χ1v) is 9.06. The first-order chi connectivity index (χ1) is 12.5. The second kappa shape index (κ2) is 8.21. The maximum Gasteiger partial charge on any atom is 0.286 e. The second-order valence-electron chi connectivity index (χ2n) is 6.84. The minimum atomic E-state index is -0.211. The number of amides is 2. The highest BCUT2D eigenvalue weighted by molar-refractivity contribution is 5.91. The lowest BCUT2D eigenvalue weighted by atomic mass is 9.97. The zero-order valence-corrected chi connectivity index (χ0v) is 15.3. The minimum absolute atomic E-state index is 0.145. The molecule has 0 aliphatic carbocycles. The van der Waals surface area contributed by atoms with Gasteiger partial charge in [0, 0.05) is 31.6 Å². The third kappa shape index (κ3) is 4.33. The molecule has 1 aliphatic rings. The van der Waals surface area contributed by atoms with E-state index in [0.29, 0.717) is 31.7 Å². The van der Waals surface area contributed by atoms with E-state index in [1.165, 1.54) is 6.26 Å². The summed E-state index contributed by atoms with van der Waals surface area (Å²) in [6.45, 7) is 5.78. The van der Waals surface area contributed by atoms with Gasteiger partial charge in [-0.05, 0) is 51.2 Å². The van der Waals surface area contributed by atoms with Crippen molar-refractivity contribution in [2.75, 3.05) is 19.6 Å². The van der Waals surface area contributed by atoms with Crippen molar-refractivity contribution in [3.05, 3.63) is 41.2 Å². The van der Waals surface area contributed by atoms with Crippen LogP contribution in [0.4, 0.5) is 0 Å². The average molecular weight is 359 g/mol. The van der Waals surface area contributed by atoms with Crippen molar-refractivity contribution in [2.45, 2.75) is 39.5 Å². The summed E-state index contributed by atoms with van der Waals surface area (Å²) in [6.07, 6.45) is 4.55. The smallest absolute Gasteiger partial charge is 0.286 e. The fourth-order valence-electron chi connectivity index (χ4n) is 3.44. The Bertz CT molecular complexity index is 731. The fraction of sp³-hybridized carbons (Fsp3) is 0.526. The normalized spacial score (nSPS) is 17.3. The molecule has 3 heterocycles. The number of likely N-dealkylation sites (tertiary alicyclic amines) is 1. The van der Waals surface area contributed by atoms with Crippen molar-refractivity contribution in [1.82, 2.24) is 15.4 Å². The van der Waals surface area contributed by atoms with Crippen LogP contribution in [0.25, 0.3) is 0 Å². The Morgan fingerprint density at radius 2 is 2.23 bits per heavy atom. The van der Waals surface area contributed by atoms with Gasteiger partial charge < -0.3 is 19.2 Å². The minimum Gasteiger partial charge on any atom is -0.459 e. The summed E-state index contributed by atoms with van der Waals surface area (Å²) < 4.78 is 10.2. The molecule has 2 aromatic heterocycles. The lowest BCUT2D eigenvalue weighted by molar-refractivity contribution is -0.132. The van der Waals surface area contributed by atoms with E-state index in [1.807, 2.05) is 18.7 Å². The van der Waals surface area contributed by atoms with Crippen molar-refractivity contribution in [3.8, 4) is 0 Å². The molecular formula is C19H25N3O4. The summed E-state index contributed by atoms with van der Waals surface area (Å²) in [7, 11) is 0. The molecule has 0 aromatic carbocycles. The number of hydrogen-bond acceptors (Lipinski definition) is 5. The number of piperidine rings is 1. The van der Waals surface area contributed by atoms with Crippen molar-refractivity contribution in [3.63, 3.8) is 0 Å². The number of rotatable bonds is 6. The SMILES string of the molecule is Cc1noc(C)c1CCC(=O)N1CCC[C@@H](CNC(=O)c2ccco2)C1. The topological polar surface area (TPSA) is 88.6 Å². The number of hydrogen-bond donors (Lipinski definition) is 1. The van der Waals surface area contributed by atoms with Gasteiger partial charge in [0.2, 0.25) is 5.91 Å². The third-order valence-electron chi connectivity index (χ3n) is 4.94. The standard InChI is InChI=1S/C19H25N3O4/c1-13-16(14(2)26-21-13)7-8-18(23)22-9-3-5-15(12-22)11-20-19(24)17-6-4-10-25-17/h4,6,10,15H,3,5,7-9,11-12H2,1-2H3,(H,20,24)/t15-/m0/s1. The number of nitrogens with zero attached hydrogens (tertiary/aromatic N) is 2. The zero-order valence-electron chi connectivity index (χ0n) is 15.3. The Morgan fingerprint density at radius 3 is 2.92 bits per heavy atom. The second-order valence-corrected chi connectivity index (χ2v) is 6.84. The van der Waals surface area contributed by atoms with Gasteiger partial charge in [0.25, 0.3) is 5.91 Å². The number of furan rings is 1. The molecule has 1 atom stereocenters. The van der Waals surface area contributed by atoms with Gasteiger partial charge in [-0.3, -0.25) is 9.59 Å². The Balaban J connectivity index is 1.46. The number of nitrogens with one attached hydrogen (secondary N) is 1. The monoisotopic (exact) mass is 359 g/mol. The van der Waals surface area contributed by atoms with E-state index in [4.69, 9.17) is 8.94 Å². The van der Waals surface area contributed by atoms with E-state index in [1.54, 1.807) is 12.1 Å². The van der Waals surface area contributed by atoms with Crippen LogP contribution in [-0.2, 0) is 11.2 Å². The lowest BCUT2D eigenvalue weighted by Crippen LogP contribution is -2.43. The molecule has 0 bridgehead atoms. The molecule has 7 heteroatoms. The average Bonchev–Trinajstić information content (AvgIpc) is 3.29. The van der Waals surface area contributed by atoms with Crippen LogP contribution in [0.5, 0.6) is 0 Å². The highest BCUT2D eigenvalue weighted by atomic mass is 16.5. The maximum absolute atomic E-state index is 12.6. The summed E-state index contributed by atoms with van der Waals surface area (Å²) in [4.78, 5) is 26.4. The Hall–Kier alpha value is -2.57. The molecule has 7 nitrogen and oxygen atoms in total. The Labute approximate surface area is 152 Å². The molecule has 26 heavy (non-hydrogen) atoms. The van der Waals surface area contributed by atoms with E-state index in [0.717, 1.165) is 36.4 Å². The van der Waals surface area contributed by atoms with Crippen molar-refractivity contribution in [2.24, 2.45) is 5.92 Å². The molecule has 1 saturated heterocycles. The van der Waals surface area contributed by atoms with E-state index in [9.17, 15) is 9.59 Å². The summed E-state index contributed by atoms with van der Waals surface area (Å²) in [6, 6.07) is 3.33. The molecule has 0 spiro atoms. The van der Waals surface area contributed by atoms with Gasteiger partial charge in [-0.1, -0.05) is 5.16 Å². The van der Waals surface area contributed by atoms with Crippen LogP contribution in [0.15, 0.2) is 27.3 Å². The van der Waals surface area contributed by atoms with Crippen LogP contribution in [0.2, 0.25) is 0 Å². The number of aryl methyl sites for hydroxylation is 2. The number of aromatic nitrogens is 1.